The zero-order chi connectivity index (χ0) is 16.2. The molecule has 0 atom stereocenters. The third kappa shape index (κ3) is 5.22. The summed E-state index contributed by atoms with van der Waals surface area (Å²) in [6, 6.07) is 14.1. The number of rotatable bonds is 5. The van der Waals surface area contributed by atoms with Gasteiger partial charge in [0.05, 0.1) is 0 Å². The molecule has 0 spiro atoms. The van der Waals surface area contributed by atoms with Crippen LogP contribution in [0, 0.1) is 0 Å². The van der Waals surface area contributed by atoms with Gasteiger partial charge in [-0.25, -0.2) is 0 Å². The fourth-order valence-corrected chi connectivity index (χ4v) is 3.75. The fraction of sp³-hybridized carbons (Fsp3) is 0.111. The minimum absolute atomic E-state index is 0. The number of halogens is 2. The van der Waals surface area contributed by atoms with Crippen LogP contribution in [-0.4, -0.2) is 6.26 Å². The van der Waals surface area contributed by atoms with Crippen molar-refractivity contribution in [3.05, 3.63) is 58.8 Å². The van der Waals surface area contributed by atoms with Crippen molar-refractivity contribution < 1.29 is 0 Å². The second-order valence-electron chi connectivity index (χ2n) is 5.24. The van der Waals surface area contributed by atoms with Crippen LogP contribution in [0.4, 0.5) is 17.1 Å². The molecule has 0 bridgehead atoms. The number of thiophene rings is 1. The van der Waals surface area contributed by atoms with Crippen LogP contribution in [0.5, 0.6) is 0 Å². The van der Waals surface area contributed by atoms with E-state index in [1.807, 2.05) is 18.2 Å². The van der Waals surface area contributed by atoms with Crippen LogP contribution in [0.25, 0.3) is 11.1 Å². The van der Waals surface area contributed by atoms with Gasteiger partial charge in [-0.1, -0.05) is 6.07 Å². The van der Waals surface area contributed by atoms with E-state index in [-0.39, 0.29) is 24.8 Å². The number of hydrogen-bond acceptors (Lipinski definition) is 5. The number of thioether (sulfide) groups is 1. The third-order valence-electron chi connectivity index (χ3n) is 3.66. The van der Waals surface area contributed by atoms with Crippen molar-refractivity contribution in [2.24, 2.45) is 0 Å². The molecule has 0 aliphatic rings. The van der Waals surface area contributed by atoms with E-state index in [0.717, 1.165) is 34.7 Å². The maximum absolute atomic E-state index is 6.12. The normalized spacial score (nSPS) is 9.80. The minimum Gasteiger partial charge on any atom is -0.399 e. The van der Waals surface area contributed by atoms with Gasteiger partial charge in [-0.2, -0.15) is 11.3 Å². The lowest BCUT2D eigenvalue weighted by Gasteiger charge is -2.11. The van der Waals surface area contributed by atoms with Crippen molar-refractivity contribution in [1.82, 2.24) is 0 Å². The molecular weight excluding hydrogens is 393 g/mol. The average Bonchev–Trinajstić information content (AvgIpc) is 3.03. The Bertz CT molecular complexity index is 822. The molecule has 0 amide bonds. The van der Waals surface area contributed by atoms with Gasteiger partial charge in [-0.15, -0.1) is 36.6 Å². The summed E-state index contributed by atoms with van der Waals surface area (Å²) < 4.78 is 0. The zero-order valence-corrected chi connectivity index (χ0v) is 17.0. The van der Waals surface area contributed by atoms with Crippen molar-refractivity contribution in [2.75, 3.05) is 23.0 Å². The minimum atomic E-state index is 0. The predicted octanol–water partition coefficient (Wildman–Crippen LogP) is 5.76. The first-order valence-electron chi connectivity index (χ1n) is 7.25. The molecule has 0 saturated carbocycles. The molecule has 3 aromatic rings. The molecule has 134 valence electrons. The zero-order valence-electron chi connectivity index (χ0n) is 13.7. The van der Waals surface area contributed by atoms with E-state index >= 15 is 0 Å². The van der Waals surface area contributed by atoms with Gasteiger partial charge in [0.25, 0.3) is 0 Å². The Labute approximate surface area is 169 Å². The first-order chi connectivity index (χ1) is 11.2. The van der Waals surface area contributed by atoms with Gasteiger partial charge in [-0.3, -0.25) is 0 Å². The van der Waals surface area contributed by atoms with Gasteiger partial charge in [-0.05, 0) is 64.5 Å². The maximum Gasteiger partial charge on any atom is 0.0415 e. The maximum atomic E-state index is 6.12. The Kier molecular flexibility index (Phi) is 8.45. The summed E-state index contributed by atoms with van der Waals surface area (Å²) in [6.07, 6.45) is 2.08. The highest BCUT2D eigenvalue weighted by Crippen LogP contribution is 2.33. The molecule has 0 fully saturated rings. The van der Waals surface area contributed by atoms with E-state index in [9.17, 15) is 0 Å². The molecule has 3 rings (SSSR count). The summed E-state index contributed by atoms with van der Waals surface area (Å²) in [5.74, 6) is 0. The highest BCUT2D eigenvalue weighted by molar-refractivity contribution is 7.98. The highest BCUT2D eigenvalue weighted by Gasteiger charge is 2.10. The van der Waals surface area contributed by atoms with Gasteiger partial charge in [0, 0.05) is 34.1 Å². The molecule has 1 heterocycles. The van der Waals surface area contributed by atoms with Crippen molar-refractivity contribution in [3.8, 4) is 11.1 Å². The molecule has 2 aromatic carbocycles. The number of anilines is 3. The summed E-state index contributed by atoms with van der Waals surface area (Å²) >= 11 is 3.42. The fourth-order valence-electron chi connectivity index (χ4n) is 2.43. The van der Waals surface area contributed by atoms with E-state index in [1.165, 1.54) is 10.5 Å². The molecule has 3 nitrogen and oxygen atoms in total. The smallest absolute Gasteiger partial charge is 0.0415 e. The summed E-state index contributed by atoms with van der Waals surface area (Å²) in [7, 11) is 0. The number of nitrogen functional groups attached to an aromatic ring is 2. The molecule has 1 aromatic heterocycles. The van der Waals surface area contributed by atoms with Crippen molar-refractivity contribution in [3.63, 3.8) is 0 Å². The molecule has 0 radical (unpaired) electrons. The number of hydrogen-bond donors (Lipinski definition) is 3. The van der Waals surface area contributed by atoms with Crippen LogP contribution in [0.3, 0.4) is 0 Å². The monoisotopic (exact) mass is 413 g/mol. The predicted molar refractivity (Wildman–Crippen MR) is 119 cm³/mol. The number of benzene rings is 2. The van der Waals surface area contributed by atoms with Crippen LogP contribution < -0.4 is 16.8 Å². The number of nitrogens with one attached hydrogen (secondary N) is 1. The average molecular weight is 414 g/mol. The SMILES string of the molecule is CSc1cccc(NCc2cscc2-c2cc(N)ccc2N)c1.Cl.Cl. The van der Waals surface area contributed by atoms with E-state index < -0.39 is 0 Å². The summed E-state index contributed by atoms with van der Waals surface area (Å²) in [5.41, 5.74) is 18.0. The Morgan fingerprint density at radius 2 is 1.80 bits per heavy atom. The second kappa shape index (κ2) is 9.82. The van der Waals surface area contributed by atoms with E-state index in [2.05, 4.69) is 46.6 Å². The lowest BCUT2D eigenvalue weighted by Crippen LogP contribution is -2.00. The lowest BCUT2D eigenvalue weighted by atomic mass is 10.0. The molecule has 0 aliphatic heterocycles. The summed E-state index contributed by atoms with van der Waals surface area (Å²) in [5, 5.41) is 7.77. The van der Waals surface area contributed by atoms with Gasteiger partial charge < -0.3 is 16.8 Å². The van der Waals surface area contributed by atoms with E-state index in [1.54, 1.807) is 23.1 Å². The molecule has 0 aliphatic carbocycles. The molecule has 7 heteroatoms. The Morgan fingerprint density at radius 3 is 2.56 bits per heavy atom. The Hall–Kier alpha value is -1.53. The van der Waals surface area contributed by atoms with Gasteiger partial charge in [0.15, 0.2) is 0 Å². The van der Waals surface area contributed by atoms with Crippen molar-refractivity contribution in [2.45, 2.75) is 11.4 Å². The van der Waals surface area contributed by atoms with Crippen molar-refractivity contribution in [1.29, 1.82) is 0 Å². The molecular formula is C18H21Cl2N3S2. The van der Waals surface area contributed by atoms with Crippen molar-refractivity contribution >= 4 is 65.0 Å². The lowest BCUT2D eigenvalue weighted by molar-refractivity contribution is 1.16. The van der Waals surface area contributed by atoms with Crippen LogP contribution in [0.2, 0.25) is 0 Å². The van der Waals surface area contributed by atoms with Gasteiger partial charge in [0.1, 0.15) is 0 Å². The third-order valence-corrected chi connectivity index (χ3v) is 5.18. The largest absolute Gasteiger partial charge is 0.399 e. The Balaban J connectivity index is 0.00000156. The van der Waals surface area contributed by atoms with Crippen LogP contribution in [-0.2, 0) is 6.54 Å². The molecule has 25 heavy (non-hydrogen) atoms. The van der Waals surface area contributed by atoms with Gasteiger partial charge >= 0.3 is 0 Å². The number of nitrogens with two attached hydrogens (primary N) is 2. The Morgan fingerprint density at radius 1 is 1.00 bits per heavy atom. The molecule has 5 N–H and O–H groups in total. The molecule has 0 unspecified atom stereocenters. The van der Waals surface area contributed by atoms with Crippen LogP contribution in [0.15, 0.2) is 58.1 Å². The van der Waals surface area contributed by atoms with E-state index in [0.29, 0.717) is 0 Å². The van der Waals surface area contributed by atoms with E-state index in [4.69, 9.17) is 11.5 Å². The summed E-state index contributed by atoms with van der Waals surface area (Å²) in [6.45, 7) is 0.755. The first kappa shape index (κ1) is 21.5. The summed E-state index contributed by atoms with van der Waals surface area (Å²) in [4.78, 5) is 1.25. The van der Waals surface area contributed by atoms with Crippen LogP contribution >= 0.6 is 47.9 Å². The van der Waals surface area contributed by atoms with Crippen LogP contribution in [0.1, 0.15) is 5.56 Å². The van der Waals surface area contributed by atoms with Gasteiger partial charge in [0.2, 0.25) is 0 Å². The standard InChI is InChI=1S/C18H19N3S2.2ClH/c1-22-15-4-2-3-14(8-15)21-9-12-10-23-11-17(12)16-7-13(19)5-6-18(16)20;;/h2-8,10-11,21H,9,19-20H2,1H3;2*1H. The first-order valence-corrected chi connectivity index (χ1v) is 9.42. The quantitative estimate of drug-likeness (QED) is 0.367. The topological polar surface area (TPSA) is 64.1 Å². The molecule has 0 saturated heterocycles. The second-order valence-corrected chi connectivity index (χ2v) is 6.87. The highest BCUT2D eigenvalue weighted by atomic mass is 35.5.